The summed E-state index contributed by atoms with van der Waals surface area (Å²) in [5.74, 6) is -0.497. The largest absolute Gasteiger partial charge is 0.459 e. The Morgan fingerprint density at radius 2 is 1.89 bits per heavy atom. The Labute approximate surface area is 163 Å². The van der Waals surface area contributed by atoms with Gasteiger partial charge >= 0.3 is 0 Å². The van der Waals surface area contributed by atoms with E-state index in [4.69, 9.17) is 4.42 Å². The van der Waals surface area contributed by atoms with E-state index in [1.54, 1.807) is 24.7 Å². The van der Waals surface area contributed by atoms with Crippen LogP contribution in [0.4, 0.5) is 0 Å². The first-order valence-corrected chi connectivity index (χ1v) is 9.18. The van der Waals surface area contributed by atoms with Crippen molar-refractivity contribution in [1.82, 2.24) is 20.2 Å². The first-order chi connectivity index (χ1) is 13.5. The van der Waals surface area contributed by atoms with Gasteiger partial charge in [0.2, 0.25) is 5.91 Å². The third-order valence-corrected chi connectivity index (χ3v) is 4.39. The zero-order valence-electron chi connectivity index (χ0n) is 16.0. The lowest BCUT2D eigenvalue weighted by Gasteiger charge is -2.21. The van der Waals surface area contributed by atoms with Crippen molar-refractivity contribution >= 4 is 11.8 Å². The summed E-state index contributed by atoms with van der Waals surface area (Å²) in [5, 5.41) is 5.63. The van der Waals surface area contributed by atoms with Crippen LogP contribution >= 0.6 is 0 Å². The minimum Gasteiger partial charge on any atom is -0.459 e. The van der Waals surface area contributed by atoms with Crippen molar-refractivity contribution in [1.29, 1.82) is 0 Å². The second kappa shape index (κ2) is 9.03. The summed E-state index contributed by atoms with van der Waals surface area (Å²) >= 11 is 0. The molecular formula is C21H24N4O3. The molecule has 0 spiro atoms. The lowest BCUT2D eigenvalue weighted by atomic mass is 10.0. The second-order valence-corrected chi connectivity index (χ2v) is 6.94. The van der Waals surface area contributed by atoms with Gasteiger partial charge in [0.05, 0.1) is 12.6 Å². The van der Waals surface area contributed by atoms with Crippen molar-refractivity contribution in [2.24, 2.45) is 5.92 Å². The Balaban J connectivity index is 1.54. The van der Waals surface area contributed by atoms with E-state index in [2.05, 4.69) is 15.6 Å². The minimum absolute atomic E-state index is 0.0588. The summed E-state index contributed by atoms with van der Waals surface area (Å²) in [6, 6.07) is 10.6. The van der Waals surface area contributed by atoms with Gasteiger partial charge in [0.1, 0.15) is 6.04 Å². The van der Waals surface area contributed by atoms with Crippen molar-refractivity contribution < 1.29 is 14.0 Å². The van der Waals surface area contributed by atoms with E-state index < -0.39 is 11.9 Å². The van der Waals surface area contributed by atoms with Crippen LogP contribution in [0, 0.1) is 5.92 Å². The maximum Gasteiger partial charge on any atom is 0.287 e. The summed E-state index contributed by atoms with van der Waals surface area (Å²) < 4.78 is 7.08. The number of benzene rings is 1. The highest BCUT2D eigenvalue weighted by Gasteiger charge is 2.25. The Kier molecular flexibility index (Phi) is 6.26. The van der Waals surface area contributed by atoms with Gasteiger partial charge < -0.3 is 19.6 Å². The van der Waals surface area contributed by atoms with Gasteiger partial charge in [0.15, 0.2) is 5.76 Å². The summed E-state index contributed by atoms with van der Waals surface area (Å²) in [5.41, 5.74) is 2.14. The molecule has 7 nitrogen and oxygen atoms in total. The van der Waals surface area contributed by atoms with Gasteiger partial charge in [-0.15, -0.1) is 0 Å². The van der Waals surface area contributed by atoms with Crippen LogP contribution in [0.5, 0.6) is 0 Å². The molecule has 28 heavy (non-hydrogen) atoms. The molecule has 7 heteroatoms. The highest BCUT2D eigenvalue weighted by molar-refractivity contribution is 5.95. The average Bonchev–Trinajstić information content (AvgIpc) is 3.39. The van der Waals surface area contributed by atoms with Gasteiger partial charge in [-0.25, -0.2) is 4.98 Å². The van der Waals surface area contributed by atoms with Gasteiger partial charge in [-0.3, -0.25) is 9.59 Å². The van der Waals surface area contributed by atoms with Crippen LogP contribution in [0.2, 0.25) is 0 Å². The van der Waals surface area contributed by atoms with Crippen molar-refractivity contribution in [3.05, 3.63) is 78.3 Å². The average molecular weight is 380 g/mol. The summed E-state index contributed by atoms with van der Waals surface area (Å²) in [7, 11) is 0. The van der Waals surface area contributed by atoms with E-state index in [1.165, 1.54) is 6.26 Å². The molecule has 1 atom stereocenters. The maximum atomic E-state index is 12.6. The Hall–Kier alpha value is -3.35. The molecule has 0 aliphatic rings. The van der Waals surface area contributed by atoms with Gasteiger partial charge in [0.25, 0.3) is 5.91 Å². The second-order valence-electron chi connectivity index (χ2n) is 6.94. The molecule has 2 heterocycles. The zero-order chi connectivity index (χ0) is 19.9. The quantitative estimate of drug-likeness (QED) is 0.629. The third-order valence-electron chi connectivity index (χ3n) is 4.39. The van der Waals surface area contributed by atoms with E-state index in [1.807, 2.05) is 48.9 Å². The van der Waals surface area contributed by atoms with E-state index in [9.17, 15) is 9.59 Å². The van der Waals surface area contributed by atoms with E-state index in [0.717, 1.165) is 17.7 Å². The molecular weight excluding hydrogens is 356 g/mol. The SMILES string of the molecule is CC(C)C(NC(=O)c1ccco1)C(=O)NCc1ccc(Cn2ccnc2)cc1. The van der Waals surface area contributed by atoms with Crippen LogP contribution in [0.1, 0.15) is 35.5 Å². The summed E-state index contributed by atoms with van der Waals surface area (Å²) in [4.78, 5) is 28.8. The number of imidazole rings is 1. The predicted octanol–water partition coefficient (Wildman–Crippen LogP) is 2.60. The maximum absolute atomic E-state index is 12.6. The first kappa shape index (κ1) is 19.4. The fraction of sp³-hybridized carbons (Fsp3) is 0.286. The number of amides is 2. The fourth-order valence-electron chi connectivity index (χ4n) is 2.81. The molecule has 2 amide bonds. The lowest BCUT2D eigenvalue weighted by Crippen LogP contribution is -2.49. The number of carbonyl (C=O) groups excluding carboxylic acids is 2. The molecule has 3 rings (SSSR count). The van der Waals surface area contributed by atoms with E-state index >= 15 is 0 Å². The number of aromatic nitrogens is 2. The molecule has 2 aromatic heterocycles. The number of carbonyl (C=O) groups is 2. The smallest absolute Gasteiger partial charge is 0.287 e. The van der Waals surface area contributed by atoms with E-state index in [0.29, 0.717) is 6.54 Å². The molecule has 3 aromatic rings. The number of rotatable bonds is 8. The Morgan fingerprint density at radius 1 is 1.14 bits per heavy atom. The molecule has 0 radical (unpaired) electrons. The standard InChI is InChI=1S/C21H24N4O3/c1-15(2)19(24-20(26)18-4-3-11-28-18)21(27)23-12-16-5-7-17(8-6-16)13-25-10-9-22-14-25/h3-11,14-15,19H,12-13H2,1-2H3,(H,23,27)(H,24,26). The Bertz CT molecular complexity index is 884. The van der Waals surface area contributed by atoms with Crippen LogP contribution in [0.25, 0.3) is 0 Å². The van der Waals surface area contributed by atoms with Crippen LogP contribution in [-0.4, -0.2) is 27.4 Å². The predicted molar refractivity (Wildman–Crippen MR) is 104 cm³/mol. The molecule has 1 aromatic carbocycles. The van der Waals surface area contributed by atoms with Gasteiger partial charge in [-0.05, 0) is 29.2 Å². The van der Waals surface area contributed by atoms with Crippen molar-refractivity contribution in [2.75, 3.05) is 0 Å². The topological polar surface area (TPSA) is 89.2 Å². The summed E-state index contributed by atoms with van der Waals surface area (Å²) in [6.07, 6.45) is 6.87. The van der Waals surface area contributed by atoms with Crippen molar-refractivity contribution in [3.8, 4) is 0 Å². The third kappa shape index (κ3) is 5.09. The van der Waals surface area contributed by atoms with Crippen LogP contribution in [-0.2, 0) is 17.9 Å². The zero-order valence-corrected chi connectivity index (χ0v) is 16.0. The Morgan fingerprint density at radius 3 is 2.50 bits per heavy atom. The molecule has 0 saturated carbocycles. The molecule has 0 bridgehead atoms. The highest BCUT2D eigenvalue weighted by atomic mass is 16.3. The number of furan rings is 1. The number of nitrogens with zero attached hydrogens (tertiary/aromatic N) is 2. The molecule has 2 N–H and O–H groups in total. The van der Waals surface area contributed by atoms with E-state index in [-0.39, 0.29) is 17.6 Å². The lowest BCUT2D eigenvalue weighted by molar-refractivity contribution is -0.124. The number of nitrogens with one attached hydrogen (secondary N) is 2. The summed E-state index contributed by atoms with van der Waals surface area (Å²) in [6.45, 7) is 4.92. The van der Waals surface area contributed by atoms with Crippen molar-refractivity contribution in [3.63, 3.8) is 0 Å². The fourth-order valence-corrected chi connectivity index (χ4v) is 2.81. The molecule has 146 valence electrons. The molecule has 1 unspecified atom stereocenters. The normalized spacial score (nSPS) is 12.0. The number of hydrogen-bond acceptors (Lipinski definition) is 4. The van der Waals surface area contributed by atoms with Crippen LogP contribution < -0.4 is 10.6 Å². The monoisotopic (exact) mass is 380 g/mol. The number of hydrogen-bond donors (Lipinski definition) is 2. The van der Waals surface area contributed by atoms with Crippen LogP contribution in [0.3, 0.4) is 0 Å². The van der Waals surface area contributed by atoms with Gasteiger partial charge in [0, 0.05) is 25.5 Å². The van der Waals surface area contributed by atoms with Crippen molar-refractivity contribution in [2.45, 2.75) is 33.0 Å². The van der Waals surface area contributed by atoms with Crippen LogP contribution in [0.15, 0.2) is 65.8 Å². The molecule has 0 aliphatic carbocycles. The van der Waals surface area contributed by atoms with Gasteiger partial charge in [-0.2, -0.15) is 0 Å². The molecule has 0 saturated heterocycles. The molecule has 0 aliphatic heterocycles. The highest BCUT2D eigenvalue weighted by Crippen LogP contribution is 2.09. The first-order valence-electron chi connectivity index (χ1n) is 9.18. The van der Waals surface area contributed by atoms with Gasteiger partial charge in [-0.1, -0.05) is 38.1 Å². The minimum atomic E-state index is -0.641. The molecule has 0 fully saturated rings.